The smallest absolute Gasteiger partial charge is 0.421 e. The highest BCUT2D eigenvalue weighted by Crippen LogP contribution is 2.35. The molecule has 1 amide bonds. The topological polar surface area (TPSA) is 63.2 Å². The predicted molar refractivity (Wildman–Crippen MR) is 112 cm³/mol. The Morgan fingerprint density at radius 3 is 2.68 bits per heavy atom. The van der Waals surface area contributed by atoms with Gasteiger partial charge in [-0.1, -0.05) is 24.3 Å². The van der Waals surface area contributed by atoms with Crippen molar-refractivity contribution in [2.45, 2.75) is 45.3 Å². The normalized spacial score (nSPS) is 19.7. The fourth-order valence-electron chi connectivity index (χ4n) is 3.76. The first kappa shape index (κ1) is 23.1. The molecule has 3 rings (SSSR count). The third kappa shape index (κ3) is 5.55. The number of pyridine rings is 1. The monoisotopic (exact) mass is 435 g/mol. The summed E-state index contributed by atoms with van der Waals surface area (Å²) < 4.78 is 44.9. The van der Waals surface area contributed by atoms with Crippen LogP contribution in [0.1, 0.15) is 42.9 Å². The van der Waals surface area contributed by atoms with Crippen molar-refractivity contribution in [2.75, 3.05) is 19.7 Å². The lowest BCUT2D eigenvalue weighted by Gasteiger charge is -2.36. The van der Waals surface area contributed by atoms with Crippen molar-refractivity contribution in [3.05, 3.63) is 59.3 Å². The van der Waals surface area contributed by atoms with Crippen LogP contribution < -0.4 is 15.4 Å². The highest BCUT2D eigenvalue weighted by Gasteiger charge is 2.38. The number of alkyl halides is 3. The van der Waals surface area contributed by atoms with Gasteiger partial charge in [-0.15, -0.1) is 0 Å². The molecule has 0 spiro atoms. The molecule has 1 aromatic heterocycles. The van der Waals surface area contributed by atoms with Gasteiger partial charge in [-0.3, -0.25) is 4.79 Å². The van der Waals surface area contributed by atoms with Gasteiger partial charge >= 0.3 is 6.18 Å². The Labute approximate surface area is 180 Å². The number of benzene rings is 1. The van der Waals surface area contributed by atoms with Gasteiger partial charge < -0.3 is 15.4 Å². The third-order valence-electron chi connectivity index (χ3n) is 5.65. The molecule has 1 aliphatic rings. The maximum atomic E-state index is 13.2. The first-order valence-corrected chi connectivity index (χ1v) is 10.3. The van der Waals surface area contributed by atoms with Gasteiger partial charge in [-0.25, -0.2) is 4.98 Å². The summed E-state index contributed by atoms with van der Waals surface area (Å²) in [4.78, 5) is 16.7. The Hall–Kier alpha value is -2.61. The van der Waals surface area contributed by atoms with E-state index in [2.05, 4.69) is 21.7 Å². The van der Waals surface area contributed by atoms with Crippen molar-refractivity contribution in [3.63, 3.8) is 0 Å². The number of halogens is 3. The summed E-state index contributed by atoms with van der Waals surface area (Å²) in [6.07, 6.45) is -2.58. The second-order valence-corrected chi connectivity index (χ2v) is 8.56. The van der Waals surface area contributed by atoms with Crippen molar-refractivity contribution in [2.24, 2.45) is 5.41 Å². The van der Waals surface area contributed by atoms with Crippen LogP contribution in [0.3, 0.4) is 0 Å². The number of hydrogen-bond acceptors (Lipinski definition) is 4. The molecule has 0 unspecified atom stereocenters. The molecule has 168 valence electrons. The van der Waals surface area contributed by atoms with Gasteiger partial charge in [0.25, 0.3) is 0 Å². The molecule has 1 aromatic carbocycles. The molecule has 0 bridgehead atoms. The van der Waals surface area contributed by atoms with Crippen molar-refractivity contribution in [3.8, 4) is 5.88 Å². The summed E-state index contributed by atoms with van der Waals surface area (Å²) in [5.41, 5.74) is 0.344. The fraction of sp³-hybridized carbons (Fsp3) is 0.478. The minimum Gasteiger partial charge on any atom is -0.476 e. The first-order valence-electron chi connectivity index (χ1n) is 10.3. The van der Waals surface area contributed by atoms with E-state index in [9.17, 15) is 18.0 Å². The molecule has 1 fully saturated rings. The minimum absolute atomic E-state index is 0.0743. The Morgan fingerprint density at radius 2 is 1.97 bits per heavy atom. The summed E-state index contributed by atoms with van der Waals surface area (Å²) in [5, 5.41) is 6.49. The van der Waals surface area contributed by atoms with Gasteiger partial charge in [0.15, 0.2) is 0 Å². The van der Waals surface area contributed by atoms with Crippen LogP contribution in [0.2, 0.25) is 0 Å². The second kappa shape index (κ2) is 9.26. The van der Waals surface area contributed by atoms with Crippen LogP contribution in [0.25, 0.3) is 0 Å². The molecule has 31 heavy (non-hydrogen) atoms. The SMILES string of the molecule is Cc1ccccc1[C@H]1CNCC[C@@H]1NC(=O)C(C)(C)COc1ncccc1C(F)(F)F. The number of aryl methyl sites for hydroxylation is 1. The summed E-state index contributed by atoms with van der Waals surface area (Å²) in [6.45, 7) is 6.66. The first-order chi connectivity index (χ1) is 14.6. The molecule has 0 saturated carbocycles. The van der Waals surface area contributed by atoms with Crippen LogP contribution in [0.4, 0.5) is 13.2 Å². The van der Waals surface area contributed by atoms with E-state index in [0.29, 0.717) is 0 Å². The largest absolute Gasteiger partial charge is 0.476 e. The Kier molecular flexibility index (Phi) is 6.89. The summed E-state index contributed by atoms with van der Waals surface area (Å²) in [7, 11) is 0. The Bertz CT molecular complexity index is 915. The highest BCUT2D eigenvalue weighted by molar-refractivity contribution is 5.82. The molecule has 2 aromatic rings. The molecular formula is C23H28F3N3O2. The van der Waals surface area contributed by atoms with E-state index in [1.54, 1.807) is 13.8 Å². The van der Waals surface area contributed by atoms with E-state index >= 15 is 0 Å². The van der Waals surface area contributed by atoms with E-state index in [4.69, 9.17) is 4.74 Å². The maximum Gasteiger partial charge on any atom is 0.421 e. The van der Waals surface area contributed by atoms with Gasteiger partial charge in [-0.2, -0.15) is 13.2 Å². The molecule has 8 heteroatoms. The standard InChI is InChI=1S/C23H28F3N3O2/c1-15-7-4-5-8-16(15)17-13-27-12-10-19(17)29-21(30)22(2,3)14-31-20-18(23(24,25)26)9-6-11-28-20/h4-9,11,17,19,27H,10,12-14H2,1-3H3,(H,29,30)/t17-,19+/m1/s1. The molecular weight excluding hydrogens is 407 g/mol. The molecule has 0 aliphatic carbocycles. The van der Waals surface area contributed by atoms with Crippen molar-refractivity contribution in [1.29, 1.82) is 0 Å². The average molecular weight is 435 g/mol. The summed E-state index contributed by atoms with van der Waals surface area (Å²) in [5.74, 6) is -0.666. The molecule has 2 atom stereocenters. The molecule has 2 heterocycles. The maximum absolute atomic E-state index is 13.2. The summed E-state index contributed by atoms with van der Waals surface area (Å²) >= 11 is 0. The van der Waals surface area contributed by atoms with Crippen LogP contribution in [0, 0.1) is 12.3 Å². The van der Waals surface area contributed by atoms with Crippen LogP contribution in [-0.4, -0.2) is 36.6 Å². The van der Waals surface area contributed by atoms with Crippen LogP contribution in [0.5, 0.6) is 5.88 Å². The number of hydrogen-bond donors (Lipinski definition) is 2. The molecule has 0 radical (unpaired) electrons. The number of carbonyl (C=O) groups excluding carboxylic acids is 1. The van der Waals surface area contributed by atoms with E-state index < -0.39 is 23.0 Å². The summed E-state index contributed by atoms with van der Waals surface area (Å²) in [6, 6.07) is 10.1. The van der Waals surface area contributed by atoms with E-state index in [1.807, 2.05) is 25.1 Å². The van der Waals surface area contributed by atoms with E-state index in [0.717, 1.165) is 31.1 Å². The van der Waals surface area contributed by atoms with E-state index in [-0.39, 0.29) is 24.5 Å². The van der Waals surface area contributed by atoms with Gasteiger partial charge in [-0.05, 0) is 57.0 Å². The van der Waals surface area contributed by atoms with Gasteiger partial charge in [0.1, 0.15) is 12.2 Å². The second-order valence-electron chi connectivity index (χ2n) is 8.56. The lowest BCUT2D eigenvalue weighted by Crippen LogP contribution is -2.52. The predicted octanol–water partition coefficient (Wildman–Crippen LogP) is 4.08. The highest BCUT2D eigenvalue weighted by atomic mass is 19.4. The minimum atomic E-state index is -4.58. The molecule has 5 nitrogen and oxygen atoms in total. The Balaban J connectivity index is 1.69. The average Bonchev–Trinajstić information content (AvgIpc) is 2.73. The number of rotatable bonds is 6. The Morgan fingerprint density at radius 1 is 1.23 bits per heavy atom. The number of amides is 1. The van der Waals surface area contributed by atoms with Gasteiger partial charge in [0, 0.05) is 24.7 Å². The zero-order valence-electron chi connectivity index (χ0n) is 17.9. The zero-order valence-corrected chi connectivity index (χ0v) is 17.9. The van der Waals surface area contributed by atoms with Crippen LogP contribution >= 0.6 is 0 Å². The van der Waals surface area contributed by atoms with E-state index in [1.165, 1.54) is 17.8 Å². The molecule has 1 aliphatic heterocycles. The third-order valence-corrected chi connectivity index (χ3v) is 5.65. The zero-order chi connectivity index (χ0) is 22.6. The lowest BCUT2D eigenvalue weighted by molar-refractivity contribution is -0.139. The molecule has 2 N–H and O–H groups in total. The van der Waals surface area contributed by atoms with Crippen molar-refractivity contribution in [1.82, 2.24) is 15.6 Å². The quantitative estimate of drug-likeness (QED) is 0.718. The number of ether oxygens (including phenoxy) is 1. The molecule has 1 saturated heterocycles. The number of nitrogens with zero attached hydrogens (tertiary/aromatic N) is 1. The van der Waals surface area contributed by atoms with Crippen LogP contribution in [-0.2, 0) is 11.0 Å². The fourth-order valence-corrected chi connectivity index (χ4v) is 3.76. The van der Waals surface area contributed by atoms with Crippen molar-refractivity contribution < 1.29 is 22.7 Å². The number of piperidine rings is 1. The van der Waals surface area contributed by atoms with Gasteiger partial charge in [0.05, 0.1) is 5.41 Å². The lowest BCUT2D eigenvalue weighted by atomic mass is 9.83. The van der Waals surface area contributed by atoms with Crippen molar-refractivity contribution >= 4 is 5.91 Å². The number of nitrogens with one attached hydrogen (secondary N) is 2. The van der Waals surface area contributed by atoms with Gasteiger partial charge in [0.2, 0.25) is 11.8 Å². The van der Waals surface area contributed by atoms with Crippen LogP contribution in [0.15, 0.2) is 42.6 Å². The number of aromatic nitrogens is 1. The number of carbonyl (C=O) groups is 1.